The van der Waals surface area contributed by atoms with E-state index in [1.807, 2.05) is 6.92 Å². The molecule has 0 amide bonds. The number of nitrogens with zero attached hydrogens (tertiary/aromatic N) is 1. The first-order valence-corrected chi connectivity index (χ1v) is 8.27. The zero-order valence-corrected chi connectivity index (χ0v) is 13.2. The lowest BCUT2D eigenvalue weighted by Gasteiger charge is -2.35. The predicted octanol–water partition coefficient (Wildman–Crippen LogP) is 1.08. The van der Waals surface area contributed by atoms with E-state index in [1.54, 1.807) is 0 Å². The maximum Gasteiger partial charge on any atom is 0.150 e. The summed E-state index contributed by atoms with van der Waals surface area (Å²) in [5, 5.41) is 7.39. The second-order valence-electron chi connectivity index (χ2n) is 7.20. The molecule has 0 saturated carbocycles. The summed E-state index contributed by atoms with van der Waals surface area (Å²) in [7, 11) is 2.15. The second kappa shape index (κ2) is 5.39. The molecule has 3 heterocycles. The quantitative estimate of drug-likeness (QED) is 0.811. The average Bonchev–Trinajstić information content (AvgIpc) is 2.94. The van der Waals surface area contributed by atoms with Crippen molar-refractivity contribution in [3.8, 4) is 0 Å². The topological polar surface area (TPSA) is 44.4 Å². The van der Waals surface area contributed by atoms with Gasteiger partial charge < -0.3 is 5.32 Å². The van der Waals surface area contributed by atoms with Gasteiger partial charge >= 0.3 is 0 Å². The van der Waals surface area contributed by atoms with Crippen molar-refractivity contribution in [1.82, 2.24) is 15.5 Å². The number of likely N-dealkylation sites (N-methyl/N-ethyl adjacent to an activating group) is 1. The molecule has 0 spiro atoms. The molecule has 114 valence electrons. The maximum atomic E-state index is 12.4. The van der Waals surface area contributed by atoms with Crippen molar-refractivity contribution >= 4 is 5.78 Å². The van der Waals surface area contributed by atoms with Crippen molar-refractivity contribution in [2.45, 2.75) is 51.9 Å². The predicted molar refractivity (Wildman–Crippen MR) is 80.4 cm³/mol. The van der Waals surface area contributed by atoms with Crippen molar-refractivity contribution in [2.75, 3.05) is 20.1 Å². The summed E-state index contributed by atoms with van der Waals surface area (Å²) < 4.78 is 0. The van der Waals surface area contributed by atoms with E-state index >= 15 is 0 Å². The van der Waals surface area contributed by atoms with Gasteiger partial charge in [0.05, 0.1) is 12.2 Å². The van der Waals surface area contributed by atoms with Crippen LogP contribution >= 0.6 is 0 Å². The van der Waals surface area contributed by atoms with Gasteiger partial charge in [0.15, 0.2) is 0 Å². The van der Waals surface area contributed by atoms with Crippen molar-refractivity contribution in [2.24, 2.45) is 23.7 Å². The van der Waals surface area contributed by atoms with Gasteiger partial charge in [-0.15, -0.1) is 0 Å². The molecule has 6 unspecified atom stereocenters. The Bertz CT molecular complexity index is 384. The van der Waals surface area contributed by atoms with Crippen LogP contribution in [0.1, 0.15) is 33.6 Å². The average molecular weight is 279 g/mol. The molecule has 3 fully saturated rings. The molecule has 3 aliphatic rings. The number of carbonyl (C=O) groups excluding carboxylic acids is 1. The van der Waals surface area contributed by atoms with Crippen LogP contribution in [0.4, 0.5) is 0 Å². The Kier molecular flexibility index (Phi) is 3.91. The van der Waals surface area contributed by atoms with Crippen LogP contribution in [0.5, 0.6) is 0 Å². The first kappa shape index (κ1) is 14.5. The molecule has 0 bridgehead atoms. The Labute approximate surface area is 122 Å². The molecule has 6 atom stereocenters. The standard InChI is InChI=1S/C16H29N3O/c1-5-12(20)15-13(9(2)3)14-10-8-17-7-6-11(10)18-16(14)19(15)4/h9-11,13-18H,5-8H2,1-4H3. The molecule has 4 nitrogen and oxygen atoms in total. The van der Waals surface area contributed by atoms with E-state index in [1.165, 1.54) is 6.42 Å². The molecule has 4 heteroatoms. The molecule has 0 aromatic carbocycles. The molecular weight excluding hydrogens is 250 g/mol. The number of piperidine rings is 1. The molecule has 3 aliphatic heterocycles. The molecular formula is C16H29N3O. The fourth-order valence-electron chi connectivity index (χ4n) is 5.06. The number of carbonyl (C=O) groups is 1. The molecule has 2 N–H and O–H groups in total. The SMILES string of the molecule is CCC(=O)C1C(C(C)C)C2C3CNCCC3NC2N1C. The van der Waals surface area contributed by atoms with Gasteiger partial charge in [0.1, 0.15) is 5.78 Å². The highest BCUT2D eigenvalue weighted by Crippen LogP contribution is 2.48. The van der Waals surface area contributed by atoms with Gasteiger partial charge in [-0.1, -0.05) is 20.8 Å². The summed E-state index contributed by atoms with van der Waals surface area (Å²) in [6.45, 7) is 8.82. The number of Topliss-reactive ketones (excluding diaryl/α,β-unsaturated/α-hetero) is 1. The van der Waals surface area contributed by atoms with E-state index in [0.29, 0.717) is 48.1 Å². The van der Waals surface area contributed by atoms with Crippen LogP contribution in [-0.2, 0) is 4.79 Å². The molecule has 20 heavy (non-hydrogen) atoms. The normalized spacial score (nSPS) is 44.6. The number of hydrogen-bond donors (Lipinski definition) is 2. The third-order valence-electron chi connectivity index (χ3n) is 5.91. The minimum atomic E-state index is 0.116. The van der Waals surface area contributed by atoms with Crippen LogP contribution in [0.2, 0.25) is 0 Å². The van der Waals surface area contributed by atoms with E-state index in [9.17, 15) is 4.79 Å². The summed E-state index contributed by atoms with van der Waals surface area (Å²) >= 11 is 0. The van der Waals surface area contributed by atoms with Crippen molar-refractivity contribution in [1.29, 1.82) is 0 Å². The molecule has 0 aromatic heterocycles. The fourth-order valence-corrected chi connectivity index (χ4v) is 5.06. The number of likely N-dealkylation sites (tertiary alicyclic amines) is 1. The van der Waals surface area contributed by atoms with Crippen molar-refractivity contribution in [3.63, 3.8) is 0 Å². The second-order valence-corrected chi connectivity index (χ2v) is 7.20. The number of nitrogens with one attached hydrogen (secondary N) is 2. The molecule has 3 rings (SSSR count). The number of ketones is 1. The van der Waals surface area contributed by atoms with Crippen LogP contribution in [0.3, 0.4) is 0 Å². The lowest BCUT2D eigenvalue weighted by molar-refractivity contribution is -0.125. The van der Waals surface area contributed by atoms with E-state index in [0.717, 1.165) is 13.1 Å². The molecule has 0 radical (unpaired) electrons. The zero-order valence-electron chi connectivity index (χ0n) is 13.2. The Morgan fingerprint density at radius 1 is 1.40 bits per heavy atom. The van der Waals surface area contributed by atoms with Gasteiger partial charge in [-0.2, -0.15) is 0 Å². The summed E-state index contributed by atoms with van der Waals surface area (Å²) in [6.07, 6.45) is 2.28. The van der Waals surface area contributed by atoms with Crippen LogP contribution in [0.15, 0.2) is 0 Å². The van der Waals surface area contributed by atoms with E-state index in [-0.39, 0.29) is 6.04 Å². The van der Waals surface area contributed by atoms with E-state index < -0.39 is 0 Å². The monoisotopic (exact) mass is 279 g/mol. The Morgan fingerprint density at radius 3 is 2.80 bits per heavy atom. The minimum absolute atomic E-state index is 0.116. The molecule has 0 aromatic rings. The Hall–Kier alpha value is -0.450. The fraction of sp³-hybridized carbons (Fsp3) is 0.938. The summed E-state index contributed by atoms with van der Waals surface area (Å²) in [5.41, 5.74) is 0. The third-order valence-corrected chi connectivity index (χ3v) is 5.91. The van der Waals surface area contributed by atoms with Crippen LogP contribution < -0.4 is 10.6 Å². The highest BCUT2D eigenvalue weighted by Gasteiger charge is 2.58. The highest BCUT2D eigenvalue weighted by molar-refractivity contribution is 5.84. The third kappa shape index (κ3) is 2.04. The maximum absolute atomic E-state index is 12.4. The van der Waals surface area contributed by atoms with Crippen molar-refractivity contribution < 1.29 is 4.79 Å². The first-order chi connectivity index (χ1) is 9.56. The Balaban J connectivity index is 1.91. The molecule has 3 saturated heterocycles. The minimum Gasteiger partial charge on any atom is -0.316 e. The van der Waals surface area contributed by atoms with Gasteiger partial charge in [0.25, 0.3) is 0 Å². The smallest absolute Gasteiger partial charge is 0.150 e. The molecule has 0 aliphatic carbocycles. The first-order valence-electron chi connectivity index (χ1n) is 8.27. The van der Waals surface area contributed by atoms with Crippen LogP contribution in [0, 0.1) is 23.7 Å². The zero-order chi connectivity index (χ0) is 14.4. The Morgan fingerprint density at radius 2 is 2.15 bits per heavy atom. The van der Waals surface area contributed by atoms with Gasteiger partial charge in [0.2, 0.25) is 0 Å². The summed E-state index contributed by atoms with van der Waals surface area (Å²) in [5.74, 6) is 2.80. The summed E-state index contributed by atoms with van der Waals surface area (Å²) in [4.78, 5) is 14.8. The van der Waals surface area contributed by atoms with Crippen LogP contribution in [0.25, 0.3) is 0 Å². The largest absolute Gasteiger partial charge is 0.316 e. The highest BCUT2D eigenvalue weighted by atomic mass is 16.1. The van der Waals surface area contributed by atoms with Crippen LogP contribution in [-0.4, -0.2) is 49.1 Å². The van der Waals surface area contributed by atoms with E-state index in [4.69, 9.17) is 0 Å². The summed E-state index contributed by atoms with van der Waals surface area (Å²) in [6, 6.07) is 0.762. The van der Waals surface area contributed by atoms with E-state index in [2.05, 4.69) is 36.4 Å². The van der Waals surface area contributed by atoms with Gasteiger partial charge in [-0.05, 0) is 50.2 Å². The number of fused-ring (bicyclic) bond motifs is 3. The number of hydrogen-bond acceptors (Lipinski definition) is 4. The lowest BCUT2D eigenvalue weighted by atomic mass is 9.72. The lowest BCUT2D eigenvalue weighted by Crippen LogP contribution is -2.50. The van der Waals surface area contributed by atoms with Gasteiger partial charge in [-0.3, -0.25) is 15.0 Å². The van der Waals surface area contributed by atoms with Gasteiger partial charge in [0, 0.05) is 12.5 Å². The van der Waals surface area contributed by atoms with Crippen molar-refractivity contribution in [3.05, 3.63) is 0 Å². The van der Waals surface area contributed by atoms with Gasteiger partial charge in [-0.25, -0.2) is 0 Å². The number of rotatable bonds is 3.